The maximum Gasteiger partial charge on any atom is 0.257 e. The van der Waals surface area contributed by atoms with Gasteiger partial charge < -0.3 is 15.8 Å². The van der Waals surface area contributed by atoms with Crippen molar-refractivity contribution in [2.24, 2.45) is 11.7 Å². The molecule has 1 rings (SSSR count). The fraction of sp³-hybridized carbons (Fsp3) is 0.588. The Kier molecular flexibility index (Phi) is 7.23. The monoisotopic (exact) mass is 292 g/mol. The summed E-state index contributed by atoms with van der Waals surface area (Å²) in [5, 5.41) is 2.87. The first-order valence-electron chi connectivity index (χ1n) is 7.63. The van der Waals surface area contributed by atoms with Gasteiger partial charge in [0, 0.05) is 6.54 Å². The summed E-state index contributed by atoms with van der Waals surface area (Å²) < 4.78 is 5.68. The van der Waals surface area contributed by atoms with Crippen LogP contribution in [0.3, 0.4) is 0 Å². The zero-order valence-corrected chi connectivity index (χ0v) is 13.7. The predicted molar refractivity (Wildman–Crippen MR) is 86.6 cm³/mol. The number of amides is 1. The van der Waals surface area contributed by atoms with E-state index in [1.807, 2.05) is 13.8 Å². The summed E-state index contributed by atoms with van der Waals surface area (Å²) in [7, 11) is 0. The number of nitrogens with two attached hydrogens (primary N) is 1. The smallest absolute Gasteiger partial charge is 0.257 e. The van der Waals surface area contributed by atoms with Crippen LogP contribution in [0.5, 0.6) is 5.75 Å². The lowest BCUT2D eigenvalue weighted by molar-refractivity contribution is -0.123. The minimum Gasteiger partial charge on any atom is -0.483 e. The van der Waals surface area contributed by atoms with Crippen LogP contribution in [0.4, 0.5) is 0 Å². The molecule has 0 saturated carbocycles. The highest BCUT2D eigenvalue weighted by Gasteiger charge is 2.09. The lowest BCUT2D eigenvalue weighted by Crippen LogP contribution is -2.30. The van der Waals surface area contributed by atoms with Gasteiger partial charge in [0.25, 0.3) is 5.91 Å². The highest BCUT2D eigenvalue weighted by molar-refractivity contribution is 5.77. The first-order chi connectivity index (χ1) is 9.93. The number of nitrogens with one attached hydrogen (secondary N) is 1. The largest absolute Gasteiger partial charge is 0.483 e. The fourth-order valence-corrected chi connectivity index (χ4v) is 2.27. The second-order valence-corrected chi connectivity index (χ2v) is 5.92. The van der Waals surface area contributed by atoms with Crippen LogP contribution in [-0.2, 0) is 11.2 Å². The van der Waals surface area contributed by atoms with Gasteiger partial charge in [-0.2, -0.15) is 0 Å². The van der Waals surface area contributed by atoms with Crippen molar-refractivity contribution in [1.29, 1.82) is 0 Å². The highest BCUT2D eigenvalue weighted by atomic mass is 16.5. The van der Waals surface area contributed by atoms with Crippen LogP contribution in [-0.4, -0.2) is 25.6 Å². The van der Waals surface area contributed by atoms with Crippen molar-refractivity contribution in [3.8, 4) is 5.75 Å². The van der Waals surface area contributed by atoms with Gasteiger partial charge in [-0.1, -0.05) is 26.0 Å². The molecule has 0 fully saturated rings. The van der Waals surface area contributed by atoms with Crippen LogP contribution >= 0.6 is 0 Å². The molecule has 0 aliphatic carbocycles. The molecule has 0 atom stereocenters. The first-order valence-corrected chi connectivity index (χ1v) is 7.63. The lowest BCUT2D eigenvalue weighted by Gasteiger charge is -2.14. The number of benzene rings is 1. The number of aryl methyl sites for hydroxylation is 2. The molecular weight excluding hydrogens is 264 g/mol. The van der Waals surface area contributed by atoms with E-state index >= 15 is 0 Å². The molecular formula is C17H28N2O2. The third-order valence-electron chi connectivity index (χ3n) is 3.34. The van der Waals surface area contributed by atoms with Crippen molar-refractivity contribution in [3.05, 3.63) is 28.8 Å². The van der Waals surface area contributed by atoms with Gasteiger partial charge in [0.1, 0.15) is 5.75 Å². The molecule has 0 heterocycles. The summed E-state index contributed by atoms with van der Waals surface area (Å²) in [6.07, 6.45) is 1.84. The number of rotatable bonds is 8. The Morgan fingerprint density at radius 2 is 1.90 bits per heavy atom. The van der Waals surface area contributed by atoms with E-state index < -0.39 is 0 Å². The molecule has 0 unspecified atom stereocenters. The average molecular weight is 292 g/mol. The van der Waals surface area contributed by atoms with Gasteiger partial charge in [-0.3, -0.25) is 4.79 Å². The first kappa shape index (κ1) is 17.5. The zero-order valence-electron chi connectivity index (χ0n) is 13.7. The molecule has 0 radical (unpaired) electrons. The molecule has 1 aromatic rings. The van der Waals surface area contributed by atoms with Gasteiger partial charge in [-0.15, -0.1) is 0 Å². The highest BCUT2D eigenvalue weighted by Crippen LogP contribution is 2.24. The summed E-state index contributed by atoms with van der Waals surface area (Å²) in [4.78, 5) is 11.7. The van der Waals surface area contributed by atoms with E-state index in [1.165, 1.54) is 5.56 Å². The van der Waals surface area contributed by atoms with Crippen molar-refractivity contribution < 1.29 is 9.53 Å². The second kappa shape index (κ2) is 8.67. The van der Waals surface area contributed by atoms with E-state index in [0.717, 1.165) is 29.7 Å². The Bertz CT molecular complexity index is 447. The molecule has 0 aliphatic heterocycles. The minimum atomic E-state index is -0.0690. The molecule has 1 aromatic carbocycles. The standard InChI is InChI=1S/C17H28N2O2/c1-12(2)6-8-19-16(20)11-21-17-13(3)9-15(5-7-18)10-14(17)4/h9-10,12H,5-8,11,18H2,1-4H3,(H,19,20). The Balaban J connectivity index is 2.53. The topological polar surface area (TPSA) is 64.3 Å². The van der Waals surface area contributed by atoms with Crippen molar-refractivity contribution >= 4 is 5.91 Å². The van der Waals surface area contributed by atoms with Crippen molar-refractivity contribution in [3.63, 3.8) is 0 Å². The van der Waals surface area contributed by atoms with Crippen LogP contribution in [0.15, 0.2) is 12.1 Å². The number of hydrogen-bond donors (Lipinski definition) is 2. The summed E-state index contributed by atoms with van der Waals surface area (Å²) in [5.74, 6) is 1.32. The minimum absolute atomic E-state index is 0.0655. The molecule has 4 nitrogen and oxygen atoms in total. The van der Waals surface area contributed by atoms with E-state index in [-0.39, 0.29) is 12.5 Å². The van der Waals surface area contributed by atoms with Gasteiger partial charge in [0.15, 0.2) is 6.61 Å². The average Bonchev–Trinajstić information content (AvgIpc) is 2.37. The summed E-state index contributed by atoms with van der Waals surface area (Å²) in [5.41, 5.74) is 8.89. The number of carbonyl (C=O) groups is 1. The molecule has 21 heavy (non-hydrogen) atoms. The van der Waals surface area contributed by atoms with E-state index in [4.69, 9.17) is 10.5 Å². The van der Waals surface area contributed by atoms with Crippen molar-refractivity contribution in [2.75, 3.05) is 19.7 Å². The van der Waals surface area contributed by atoms with Crippen LogP contribution in [0, 0.1) is 19.8 Å². The molecule has 0 aliphatic rings. The normalized spacial score (nSPS) is 10.8. The van der Waals surface area contributed by atoms with Gasteiger partial charge >= 0.3 is 0 Å². The van der Waals surface area contributed by atoms with E-state index in [2.05, 4.69) is 31.3 Å². The van der Waals surface area contributed by atoms with Crippen molar-refractivity contribution in [1.82, 2.24) is 5.32 Å². The van der Waals surface area contributed by atoms with Crippen LogP contribution < -0.4 is 15.8 Å². The van der Waals surface area contributed by atoms with Gasteiger partial charge in [0.05, 0.1) is 0 Å². The zero-order chi connectivity index (χ0) is 15.8. The van der Waals surface area contributed by atoms with Gasteiger partial charge in [0.2, 0.25) is 0 Å². The molecule has 4 heteroatoms. The van der Waals surface area contributed by atoms with Crippen LogP contribution in [0.1, 0.15) is 37.0 Å². The maximum absolute atomic E-state index is 11.7. The Morgan fingerprint density at radius 1 is 1.29 bits per heavy atom. The summed E-state index contributed by atoms with van der Waals surface area (Å²) in [6, 6.07) is 4.15. The summed E-state index contributed by atoms with van der Waals surface area (Å²) >= 11 is 0. The maximum atomic E-state index is 11.7. The number of carbonyl (C=O) groups excluding carboxylic acids is 1. The lowest BCUT2D eigenvalue weighted by atomic mass is 10.0. The summed E-state index contributed by atoms with van der Waals surface area (Å²) in [6.45, 7) is 9.68. The van der Waals surface area contributed by atoms with E-state index in [9.17, 15) is 4.79 Å². The number of hydrogen-bond acceptors (Lipinski definition) is 3. The molecule has 0 spiro atoms. The van der Waals surface area contributed by atoms with Gasteiger partial charge in [-0.25, -0.2) is 0 Å². The molecule has 0 aromatic heterocycles. The Morgan fingerprint density at radius 3 is 2.43 bits per heavy atom. The molecule has 0 saturated heterocycles. The van der Waals surface area contributed by atoms with Gasteiger partial charge in [-0.05, 0) is 55.8 Å². The Hall–Kier alpha value is -1.55. The van der Waals surface area contributed by atoms with Crippen LogP contribution in [0.25, 0.3) is 0 Å². The number of ether oxygens (including phenoxy) is 1. The van der Waals surface area contributed by atoms with Crippen LogP contribution in [0.2, 0.25) is 0 Å². The second-order valence-electron chi connectivity index (χ2n) is 5.92. The SMILES string of the molecule is Cc1cc(CCN)cc(C)c1OCC(=O)NCCC(C)C. The third-order valence-corrected chi connectivity index (χ3v) is 3.34. The Labute approximate surface area is 128 Å². The molecule has 118 valence electrons. The fourth-order valence-electron chi connectivity index (χ4n) is 2.27. The molecule has 0 bridgehead atoms. The predicted octanol–water partition coefficient (Wildman–Crippen LogP) is 2.35. The van der Waals surface area contributed by atoms with E-state index in [1.54, 1.807) is 0 Å². The molecule has 1 amide bonds. The van der Waals surface area contributed by atoms with Crippen molar-refractivity contribution in [2.45, 2.75) is 40.5 Å². The van der Waals surface area contributed by atoms with E-state index in [0.29, 0.717) is 19.0 Å². The third kappa shape index (κ3) is 6.17. The molecule has 3 N–H and O–H groups in total. The quantitative estimate of drug-likeness (QED) is 0.773.